The summed E-state index contributed by atoms with van der Waals surface area (Å²) in [6.07, 6.45) is 1.99. The molecule has 3 nitrogen and oxygen atoms in total. The van der Waals surface area contributed by atoms with Gasteiger partial charge in [0.05, 0.1) is 22.7 Å². The number of rotatable bonds is 2. The van der Waals surface area contributed by atoms with Crippen molar-refractivity contribution >= 4 is 13.3 Å². The molecular weight excluding hydrogens is 249 g/mol. The van der Waals surface area contributed by atoms with Crippen LogP contribution in [0.1, 0.15) is 46.1 Å². The van der Waals surface area contributed by atoms with Crippen LogP contribution in [0.2, 0.25) is 0 Å². The third-order valence-corrected chi connectivity index (χ3v) is 3.92. The highest BCUT2D eigenvalue weighted by atomic mass is 16.3. The smallest absolute Gasteiger partial charge is 0.113 e. The number of nitriles is 1. The zero-order valence-electron chi connectivity index (χ0n) is 12.6. The largest absolute Gasteiger partial charge is 0.387 e. The first-order chi connectivity index (χ1) is 9.02. The summed E-state index contributed by atoms with van der Waals surface area (Å²) in [6.45, 7) is 6.31. The van der Waals surface area contributed by atoms with Crippen LogP contribution in [0.3, 0.4) is 0 Å². The first-order valence-electron chi connectivity index (χ1n) is 6.74. The number of aliphatic hydroxyl groups is 2. The molecule has 1 aliphatic carbocycles. The predicted octanol–water partition coefficient (Wildman–Crippen LogP) is 1.56. The molecule has 0 amide bonds. The number of nitrogens with zero attached hydrogens (tertiary/aromatic N) is 1. The first kappa shape index (κ1) is 16.7. The van der Waals surface area contributed by atoms with Crippen LogP contribution in [0.5, 0.6) is 0 Å². The van der Waals surface area contributed by atoms with Crippen molar-refractivity contribution in [3.8, 4) is 6.07 Å². The Labute approximate surface area is 122 Å². The van der Waals surface area contributed by atoms with Crippen molar-refractivity contribution in [1.29, 1.82) is 5.26 Å². The zero-order chi connectivity index (χ0) is 15.6. The second-order valence-corrected chi connectivity index (χ2v) is 6.43. The Kier molecular flexibility index (Phi) is 4.68. The van der Waals surface area contributed by atoms with E-state index in [4.69, 9.17) is 23.3 Å². The lowest BCUT2D eigenvalue weighted by molar-refractivity contribution is -0.107. The lowest BCUT2D eigenvalue weighted by Crippen LogP contribution is -2.44. The van der Waals surface area contributed by atoms with Crippen molar-refractivity contribution in [2.24, 2.45) is 0 Å². The fourth-order valence-electron chi connectivity index (χ4n) is 1.39. The van der Waals surface area contributed by atoms with Gasteiger partial charge in [0.25, 0.3) is 0 Å². The Morgan fingerprint density at radius 1 is 1.05 bits per heavy atom. The van der Waals surface area contributed by atoms with Gasteiger partial charge < -0.3 is 10.2 Å². The predicted molar refractivity (Wildman–Crippen MR) is 81.0 cm³/mol. The summed E-state index contributed by atoms with van der Waals surface area (Å²) in [6, 6.07) is 9.96. The van der Waals surface area contributed by atoms with Crippen molar-refractivity contribution in [3.63, 3.8) is 0 Å². The molecule has 4 heteroatoms. The average molecular weight is 271 g/mol. The Morgan fingerprint density at radius 3 is 1.70 bits per heavy atom. The molecule has 0 saturated heterocycles. The highest BCUT2D eigenvalue weighted by Crippen LogP contribution is 2.47. The van der Waals surface area contributed by atoms with E-state index >= 15 is 0 Å². The van der Waals surface area contributed by atoms with Gasteiger partial charge in [-0.3, -0.25) is 0 Å². The molecule has 0 atom stereocenters. The van der Waals surface area contributed by atoms with Crippen LogP contribution in [-0.2, 0) is 5.41 Å². The lowest BCUT2D eigenvalue weighted by Gasteiger charge is -2.31. The molecule has 0 aliphatic heterocycles. The summed E-state index contributed by atoms with van der Waals surface area (Å²) < 4.78 is 0. The summed E-state index contributed by atoms with van der Waals surface area (Å²) in [5.41, 5.74) is -0.320. The standard InChI is InChI=1S/C10H8BN.C6H14O2/c11-9-3-1-8(2-4-9)10(7-12)5-6-10;1-5(2,7)6(3,4)8/h1-4H,5-6H2;7-8H,1-4H3. The Balaban J connectivity index is 0.000000221. The minimum absolute atomic E-state index is 0.173. The van der Waals surface area contributed by atoms with Gasteiger partial charge >= 0.3 is 0 Å². The average Bonchev–Trinajstić information content (AvgIpc) is 3.09. The third kappa shape index (κ3) is 4.09. The molecule has 1 aromatic rings. The summed E-state index contributed by atoms with van der Waals surface area (Å²) in [7, 11) is 5.55. The molecule has 2 rings (SSSR count). The third-order valence-electron chi connectivity index (χ3n) is 3.92. The molecule has 1 saturated carbocycles. The quantitative estimate of drug-likeness (QED) is 0.802. The molecule has 0 bridgehead atoms. The van der Waals surface area contributed by atoms with Crippen molar-refractivity contribution in [2.75, 3.05) is 0 Å². The molecule has 106 valence electrons. The highest BCUT2D eigenvalue weighted by molar-refractivity contribution is 6.32. The Morgan fingerprint density at radius 2 is 1.45 bits per heavy atom. The molecule has 0 spiro atoms. The van der Waals surface area contributed by atoms with Crippen LogP contribution in [-0.4, -0.2) is 29.3 Å². The second kappa shape index (κ2) is 5.59. The van der Waals surface area contributed by atoms with Gasteiger partial charge in [-0.2, -0.15) is 5.26 Å². The van der Waals surface area contributed by atoms with E-state index in [2.05, 4.69) is 6.07 Å². The van der Waals surface area contributed by atoms with E-state index in [0.29, 0.717) is 0 Å². The van der Waals surface area contributed by atoms with Gasteiger partial charge in [-0.25, -0.2) is 0 Å². The van der Waals surface area contributed by atoms with Crippen LogP contribution in [0.15, 0.2) is 24.3 Å². The molecule has 0 aromatic heterocycles. The van der Waals surface area contributed by atoms with Crippen LogP contribution in [0.4, 0.5) is 0 Å². The van der Waals surface area contributed by atoms with E-state index in [1.807, 2.05) is 24.3 Å². The van der Waals surface area contributed by atoms with Crippen molar-refractivity contribution in [1.82, 2.24) is 0 Å². The van der Waals surface area contributed by atoms with Crippen LogP contribution in [0.25, 0.3) is 0 Å². The Bertz CT molecular complexity index is 473. The monoisotopic (exact) mass is 271 g/mol. The van der Waals surface area contributed by atoms with Gasteiger partial charge in [-0.15, -0.1) is 0 Å². The lowest BCUT2D eigenvalue weighted by atomic mass is 9.90. The topological polar surface area (TPSA) is 64.2 Å². The minimum Gasteiger partial charge on any atom is -0.387 e. The highest BCUT2D eigenvalue weighted by Gasteiger charge is 2.44. The van der Waals surface area contributed by atoms with Gasteiger partial charge in [-0.05, 0) is 46.1 Å². The number of hydrogen-bond acceptors (Lipinski definition) is 3. The van der Waals surface area contributed by atoms with E-state index in [-0.39, 0.29) is 5.41 Å². The van der Waals surface area contributed by atoms with Gasteiger partial charge in [0, 0.05) is 0 Å². The molecule has 0 unspecified atom stereocenters. The fraction of sp³-hybridized carbons (Fsp3) is 0.562. The normalized spacial score (nSPS) is 16.6. The van der Waals surface area contributed by atoms with Gasteiger partial charge in [-0.1, -0.05) is 29.7 Å². The second-order valence-electron chi connectivity index (χ2n) is 6.43. The minimum atomic E-state index is -1.01. The SMILES string of the molecule is CC(C)(O)C(C)(C)O.[B]c1ccc(C2(C#N)CC2)cc1. The van der Waals surface area contributed by atoms with Crippen molar-refractivity contribution < 1.29 is 10.2 Å². The fourth-order valence-corrected chi connectivity index (χ4v) is 1.39. The summed E-state index contributed by atoms with van der Waals surface area (Å²) in [5.74, 6) is 0. The van der Waals surface area contributed by atoms with Crippen LogP contribution in [0, 0.1) is 11.3 Å². The van der Waals surface area contributed by atoms with Crippen LogP contribution >= 0.6 is 0 Å². The maximum Gasteiger partial charge on any atom is 0.113 e. The number of hydrogen-bond donors (Lipinski definition) is 2. The maximum absolute atomic E-state index is 9.10. The summed E-state index contributed by atoms with van der Waals surface area (Å²) >= 11 is 0. The summed E-state index contributed by atoms with van der Waals surface area (Å²) in [4.78, 5) is 0. The number of benzene rings is 1. The molecule has 2 N–H and O–H groups in total. The summed E-state index contributed by atoms with van der Waals surface area (Å²) in [5, 5.41) is 27.1. The molecule has 2 radical (unpaired) electrons. The van der Waals surface area contributed by atoms with Crippen molar-refractivity contribution in [2.45, 2.75) is 57.2 Å². The van der Waals surface area contributed by atoms with E-state index in [0.717, 1.165) is 23.9 Å². The molecule has 20 heavy (non-hydrogen) atoms. The van der Waals surface area contributed by atoms with E-state index < -0.39 is 11.2 Å². The molecule has 1 fully saturated rings. The molecule has 1 aliphatic rings. The van der Waals surface area contributed by atoms with Gasteiger partial charge in [0.2, 0.25) is 0 Å². The van der Waals surface area contributed by atoms with E-state index in [1.54, 1.807) is 27.7 Å². The van der Waals surface area contributed by atoms with E-state index in [9.17, 15) is 0 Å². The maximum atomic E-state index is 9.10. The van der Waals surface area contributed by atoms with Gasteiger partial charge in [0.15, 0.2) is 0 Å². The molecule has 1 aromatic carbocycles. The Hall–Kier alpha value is -1.31. The van der Waals surface area contributed by atoms with E-state index in [1.165, 1.54) is 0 Å². The molecular formula is C16H22BNO2. The molecule has 0 heterocycles. The first-order valence-corrected chi connectivity index (χ1v) is 6.74. The zero-order valence-corrected chi connectivity index (χ0v) is 12.6. The van der Waals surface area contributed by atoms with Crippen LogP contribution < -0.4 is 5.46 Å². The van der Waals surface area contributed by atoms with Gasteiger partial charge in [0.1, 0.15) is 7.85 Å². The van der Waals surface area contributed by atoms with Crippen molar-refractivity contribution in [3.05, 3.63) is 29.8 Å².